The van der Waals surface area contributed by atoms with E-state index in [0.29, 0.717) is 10.2 Å². The van der Waals surface area contributed by atoms with Crippen molar-refractivity contribution in [3.63, 3.8) is 0 Å². The van der Waals surface area contributed by atoms with E-state index in [1.165, 1.54) is 16.8 Å². The molecule has 0 fully saturated rings. The van der Waals surface area contributed by atoms with Gasteiger partial charge in [0.25, 0.3) is 11.5 Å². The number of halogens is 2. The quantitative estimate of drug-likeness (QED) is 0.909. The second kappa shape index (κ2) is 4.93. The highest BCUT2D eigenvalue weighted by atomic mass is 79.9. The lowest BCUT2D eigenvalue weighted by molar-refractivity contribution is 0.0998. The van der Waals surface area contributed by atoms with E-state index >= 15 is 0 Å². The Kier molecular flexibility index (Phi) is 3.48. The Balaban J connectivity index is 2.83. The van der Waals surface area contributed by atoms with Gasteiger partial charge < -0.3 is 5.73 Å². The van der Waals surface area contributed by atoms with Crippen molar-refractivity contribution in [3.05, 3.63) is 56.4 Å². The Morgan fingerprint density at radius 2 is 2.11 bits per heavy atom. The van der Waals surface area contributed by atoms with E-state index in [0.717, 1.165) is 12.3 Å². The Bertz CT molecular complexity index is 727. The fraction of sp³-hybridized carbons (Fsp3) is 0.0833. The summed E-state index contributed by atoms with van der Waals surface area (Å²) in [5, 5.41) is 0. The van der Waals surface area contributed by atoms with Crippen LogP contribution in [-0.2, 0) is 0 Å². The molecule has 0 saturated carbocycles. The smallest absolute Gasteiger partial charge is 0.268 e. The van der Waals surface area contributed by atoms with Crippen molar-refractivity contribution in [2.45, 2.75) is 6.92 Å². The first-order valence-corrected chi connectivity index (χ1v) is 6.04. The Hall–Kier alpha value is -2.02. The van der Waals surface area contributed by atoms with Crippen LogP contribution in [0.1, 0.15) is 16.1 Å². The van der Waals surface area contributed by atoms with Crippen LogP contribution in [0, 0.1) is 12.7 Å². The van der Waals surface area contributed by atoms with Crippen LogP contribution in [0.3, 0.4) is 0 Å². The molecule has 0 aromatic carbocycles. The lowest BCUT2D eigenvalue weighted by Crippen LogP contribution is -2.30. The normalized spacial score (nSPS) is 10.5. The maximum Gasteiger partial charge on any atom is 0.268 e. The highest BCUT2D eigenvalue weighted by Gasteiger charge is 2.15. The second-order valence-electron chi connectivity index (χ2n) is 3.86. The van der Waals surface area contributed by atoms with E-state index in [1.54, 1.807) is 6.92 Å². The van der Waals surface area contributed by atoms with Crippen LogP contribution < -0.4 is 11.3 Å². The zero-order chi connectivity index (χ0) is 14.2. The molecular weight excluding hydrogens is 317 g/mol. The number of hydrogen-bond acceptors (Lipinski definition) is 3. The number of hydrogen-bond donors (Lipinski definition) is 1. The molecule has 5 nitrogen and oxygen atoms in total. The van der Waals surface area contributed by atoms with E-state index in [1.807, 2.05) is 0 Å². The number of carbonyl (C=O) groups excluding carboxylic acids is 1. The summed E-state index contributed by atoms with van der Waals surface area (Å²) >= 11 is 3.23. The molecule has 2 N–H and O–H groups in total. The molecule has 2 heterocycles. The molecule has 7 heteroatoms. The number of nitrogens with two attached hydrogens (primary N) is 1. The fourth-order valence-electron chi connectivity index (χ4n) is 1.68. The van der Waals surface area contributed by atoms with E-state index in [2.05, 4.69) is 20.9 Å². The summed E-state index contributed by atoms with van der Waals surface area (Å²) in [6.07, 6.45) is 2.35. The minimum atomic E-state index is -0.844. The Labute approximate surface area is 116 Å². The molecule has 0 aliphatic carbocycles. The van der Waals surface area contributed by atoms with Crippen LogP contribution in [0.2, 0.25) is 0 Å². The highest BCUT2D eigenvalue weighted by Crippen LogP contribution is 2.18. The number of carbonyl (C=O) groups is 1. The van der Waals surface area contributed by atoms with Gasteiger partial charge in [0.1, 0.15) is 11.4 Å². The molecule has 98 valence electrons. The monoisotopic (exact) mass is 325 g/mol. The third-order valence-electron chi connectivity index (χ3n) is 2.60. The van der Waals surface area contributed by atoms with Crippen LogP contribution in [0.4, 0.5) is 4.39 Å². The maximum atomic E-state index is 13.2. The van der Waals surface area contributed by atoms with E-state index in [9.17, 15) is 14.0 Å². The Morgan fingerprint density at radius 1 is 1.42 bits per heavy atom. The summed E-state index contributed by atoms with van der Waals surface area (Å²) < 4.78 is 14.9. The molecule has 0 aliphatic heterocycles. The summed E-state index contributed by atoms with van der Waals surface area (Å²) in [5.74, 6) is -1.42. The van der Waals surface area contributed by atoms with Gasteiger partial charge in [0.05, 0.1) is 18.1 Å². The summed E-state index contributed by atoms with van der Waals surface area (Å²) in [7, 11) is 0. The number of pyridine rings is 2. The van der Waals surface area contributed by atoms with E-state index in [4.69, 9.17) is 5.73 Å². The number of rotatable bonds is 2. The van der Waals surface area contributed by atoms with Gasteiger partial charge in [-0.2, -0.15) is 0 Å². The van der Waals surface area contributed by atoms with Crippen LogP contribution in [0.25, 0.3) is 5.69 Å². The van der Waals surface area contributed by atoms with Gasteiger partial charge in [0.2, 0.25) is 0 Å². The standard InChI is InChI=1S/C12H9BrFN3O2/c1-6-10(13)3-9(11(15)18)12(19)17(6)8-2-7(14)4-16-5-8/h2-5H,1H3,(H2,15,18). The van der Waals surface area contributed by atoms with Crippen LogP contribution >= 0.6 is 15.9 Å². The SMILES string of the molecule is Cc1c(Br)cc(C(N)=O)c(=O)n1-c1cncc(F)c1. The summed E-state index contributed by atoms with van der Waals surface area (Å²) in [6, 6.07) is 2.50. The average Bonchev–Trinajstić information content (AvgIpc) is 2.34. The molecular formula is C12H9BrFN3O2. The average molecular weight is 326 g/mol. The largest absolute Gasteiger partial charge is 0.365 e. The molecule has 0 bridgehead atoms. The molecule has 2 aromatic rings. The van der Waals surface area contributed by atoms with Gasteiger partial charge in [-0.05, 0) is 28.9 Å². The molecule has 0 spiro atoms. The van der Waals surface area contributed by atoms with Gasteiger partial charge in [-0.1, -0.05) is 0 Å². The minimum absolute atomic E-state index is 0.179. The summed E-state index contributed by atoms with van der Waals surface area (Å²) in [6.45, 7) is 1.65. The predicted octanol–water partition coefficient (Wildman–Crippen LogP) is 1.54. The molecule has 0 radical (unpaired) electrons. The van der Waals surface area contributed by atoms with Crippen LogP contribution in [0.5, 0.6) is 0 Å². The molecule has 0 atom stereocenters. The molecule has 0 unspecified atom stereocenters. The second-order valence-corrected chi connectivity index (χ2v) is 4.71. The molecule has 0 aliphatic rings. The molecule has 2 rings (SSSR count). The lowest BCUT2D eigenvalue weighted by Gasteiger charge is -2.12. The van der Waals surface area contributed by atoms with Crippen LogP contribution in [0.15, 0.2) is 33.8 Å². The van der Waals surface area contributed by atoms with Gasteiger partial charge >= 0.3 is 0 Å². The first kappa shape index (κ1) is 13.4. The first-order valence-electron chi connectivity index (χ1n) is 5.24. The van der Waals surface area contributed by atoms with Crippen molar-refractivity contribution in [2.75, 3.05) is 0 Å². The van der Waals surface area contributed by atoms with Gasteiger partial charge in [-0.25, -0.2) is 4.39 Å². The van der Waals surface area contributed by atoms with E-state index in [-0.39, 0.29) is 11.3 Å². The molecule has 19 heavy (non-hydrogen) atoms. The lowest BCUT2D eigenvalue weighted by atomic mass is 10.2. The van der Waals surface area contributed by atoms with Crippen molar-refractivity contribution in [1.82, 2.24) is 9.55 Å². The van der Waals surface area contributed by atoms with Crippen molar-refractivity contribution < 1.29 is 9.18 Å². The number of amides is 1. The summed E-state index contributed by atoms with van der Waals surface area (Å²) in [5.41, 5.74) is 5.10. The topological polar surface area (TPSA) is 78.0 Å². The van der Waals surface area contributed by atoms with Crippen molar-refractivity contribution in [2.24, 2.45) is 5.73 Å². The molecule has 2 aromatic heterocycles. The first-order chi connectivity index (χ1) is 8.91. The van der Waals surface area contributed by atoms with Gasteiger partial charge in [0, 0.05) is 16.2 Å². The zero-order valence-corrected chi connectivity index (χ0v) is 11.4. The fourth-order valence-corrected chi connectivity index (χ4v) is 2.09. The van der Waals surface area contributed by atoms with Crippen molar-refractivity contribution >= 4 is 21.8 Å². The third kappa shape index (κ3) is 2.41. The van der Waals surface area contributed by atoms with Crippen molar-refractivity contribution in [3.8, 4) is 5.69 Å². The Morgan fingerprint density at radius 3 is 2.68 bits per heavy atom. The molecule has 1 amide bonds. The van der Waals surface area contributed by atoms with Crippen LogP contribution in [-0.4, -0.2) is 15.5 Å². The molecule has 0 saturated heterocycles. The zero-order valence-electron chi connectivity index (χ0n) is 9.85. The number of primary amides is 1. The minimum Gasteiger partial charge on any atom is -0.365 e. The van der Waals surface area contributed by atoms with Gasteiger partial charge in [-0.15, -0.1) is 0 Å². The predicted molar refractivity (Wildman–Crippen MR) is 70.7 cm³/mol. The van der Waals surface area contributed by atoms with Crippen molar-refractivity contribution in [1.29, 1.82) is 0 Å². The third-order valence-corrected chi connectivity index (χ3v) is 3.40. The van der Waals surface area contributed by atoms with E-state index < -0.39 is 17.3 Å². The highest BCUT2D eigenvalue weighted by molar-refractivity contribution is 9.10. The van der Waals surface area contributed by atoms with Gasteiger partial charge in [-0.3, -0.25) is 19.1 Å². The number of nitrogens with zero attached hydrogens (tertiary/aromatic N) is 2. The summed E-state index contributed by atoms with van der Waals surface area (Å²) in [4.78, 5) is 27.1. The maximum absolute atomic E-state index is 13.2. The van der Waals surface area contributed by atoms with Gasteiger partial charge in [0.15, 0.2) is 0 Å². The number of aromatic nitrogens is 2.